The molecule has 0 aliphatic heterocycles. The molecule has 1 heterocycles. The molecule has 92 valence electrons. The van der Waals surface area contributed by atoms with E-state index in [1.165, 1.54) is 24.4 Å². The Morgan fingerprint density at radius 3 is 2.61 bits per heavy atom. The van der Waals surface area contributed by atoms with Crippen molar-refractivity contribution in [3.05, 3.63) is 59.7 Å². The maximum Gasteiger partial charge on any atom is 0.335 e. The standard InChI is InChI=1S/C13H10FNO3/c14-11-5-9(6-15-7-11)8-18-12-3-1-10(2-4-12)13(16)17/h1-7H,8H2,(H,16,17). The van der Waals surface area contributed by atoms with Crippen molar-refractivity contribution in [2.75, 3.05) is 0 Å². The average molecular weight is 247 g/mol. The fourth-order valence-electron chi connectivity index (χ4n) is 1.40. The highest BCUT2D eigenvalue weighted by molar-refractivity contribution is 5.87. The molecular formula is C13H10FNO3. The lowest BCUT2D eigenvalue weighted by Gasteiger charge is -2.06. The van der Waals surface area contributed by atoms with Gasteiger partial charge in [0.2, 0.25) is 0 Å². The minimum Gasteiger partial charge on any atom is -0.489 e. The van der Waals surface area contributed by atoms with E-state index in [0.717, 1.165) is 6.20 Å². The van der Waals surface area contributed by atoms with Gasteiger partial charge in [-0.3, -0.25) is 4.98 Å². The number of pyridine rings is 1. The van der Waals surface area contributed by atoms with Gasteiger partial charge in [0.05, 0.1) is 11.8 Å². The Morgan fingerprint density at radius 2 is 2.00 bits per heavy atom. The average Bonchev–Trinajstić information content (AvgIpc) is 2.37. The van der Waals surface area contributed by atoms with Gasteiger partial charge in [-0.15, -0.1) is 0 Å². The van der Waals surface area contributed by atoms with Gasteiger partial charge in [-0.2, -0.15) is 0 Å². The summed E-state index contributed by atoms with van der Waals surface area (Å²) >= 11 is 0. The van der Waals surface area contributed by atoms with Crippen LogP contribution in [0.4, 0.5) is 4.39 Å². The van der Waals surface area contributed by atoms with Crippen LogP contribution >= 0.6 is 0 Å². The van der Waals surface area contributed by atoms with E-state index in [1.807, 2.05) is 0 Å². The summed E-state index contributed by atoms with van der Waals surface area (Å²) in [6.07, 6.45) is 2.62. The molecule has 0 saturated carbocycles. The van der Waals surface area contributed by atoms with Crippen molar-refractivity contribution >= 4 is 5.97 Å². The fraction of sp³-hybridized carbons (Fsp3) is 0.0769. The minimum absolute atomic E-state index is 0.178. The number of aromatic nitrogens is 1. The molecule has 0 radical (unpaired) electrons. The molecule has 0 atom stereocenters. The van der Waals surface area contributed by atoms with Crippen molar-refractivity contribution < 1.29 is 19.0 Å². The highest BCUT2D eigenvalue weighted by Crippen LogP contribution is 2.14. The second kappa shape index (κ2) is 5.27. The van der Waals surface area contributed by atoms with Gasteiger partial charge in [0, 0.05) is 11.8 Å². The number of nitrogens with zero attached hydrogens (tertiary/aromatic N) is 1. The number of hydrogen-bond acceptors (Lipinski definition) is 3. The Labute approximate surface area is 103 Å². The summed E-state index contributed by atoms with van der Waals surface area (Å²) in [5.74, 6) is -0.891. The number of carboxylic acids is 1. The fourth-order valence-corrected chi connectivity index (χ4v) is 1.40. The number of rotatable bonds is 4. The highest BCUT2D eigenvalue weighted by atomic mass is 19.1. The minimum atomic E-state index is -0.990. The third-order valence-electron chi connectivity index (χ3n) is 2.27. The zero-order valence-electron chi connectivity index (χ0n) is 9.34. The summed E-state index contributed by atoms with van der Waals surface area (Å²) in [6, 6.07) is 7.33. The normalized spacial score (nSPS) is 10.1. The summed E-state index contributed by atoms with van der Waals surface area (Å²) in [7, 11) is 0. The molecule has 4 nitrogen and oxygen atoms in total. The number of carbonyl (C=O) groups is 1. The van der Waals surface area contributed by atoms with Crippen LogP contribution in [0.5, 0.6) is 5.75 Å². The molecule has 18 heavy (non-hydrogen) atoms. The van der Waals surface area contributed by atoms with Crippen LogP contribution in [0.1, 0.15) is 15.9 Å². The first-order valence-corrected chi connectivity index (χ1v) is 5.21. The quantitative estimate of drug-likeness (QED) is 0.901. The van der Waals surface area contributed by atoms with Crippen molar-refractivity contribution in [2.24, 2.45) is 0 Å². The van der Waals surface area contributed by atoms with E-state index >= 15 is 0 Å². The zero-order valence-corrected chi connectivity index (χ0v) is 9.34. The second-order valence-electron chi connectivity index (χ2n) is 3.63. The van der Waals surface area contributed by atoms with Crippen LogP contribution in [0.3, 0.4) is 0 Å². The monoisotopic (exact) mass is 247 g/mol. The van der Waals surface area contributed by atoms with Crippen LogP contribution in [0.2, 0.25) is 0 Å². The van der Waals surface area contributed by atoms with Crippen LogP contribution in [0, 0.1) is 5.82 Å². The third kappa shape index (κ3) is 3.04. The number of hydrogen-bond donors (Lipinski definition) is 1. The molecule has 0 saturated heterocycles. The lowest BCUT2D eigenvalue weighted by Crippen LogP contribution is -1.98. The van der Waals surface area contributed by atoms with Crippen molar-refractivity contribution in [3.8, 4) is 5.75 Å². The second-order valence-corrected chi connectivity index (χ2v) is 3.63. The molecule has 0 fully saturated rings. The van der Waals surface area contributed by atoms with Crippen LogP contribution < -0.4 is 4.74 Å². The van der Waals surface area contributed by atoms with E-state index in [1.54, 1.807) is 12.1 Å². The zero-order chi connectivity index (χ0) is 13.0. The predicted octanol–water partition coefficient (Wildman–Crippen LogP) is 2.50. The first-order chi connectivity index (χ1) is 8.65. The van der Waals surface area contributed by atoms with Crippen LogP contribution in [-0.2, 0) is 6.61 Å². The van der Waals surface area contributed by atoms with E-state index in [0.29, 0.717) is 11.3 Å². The van der Waals surface area contributed by atoms with E-state index in [2.05, 4.69) is 4.98 Å². The molecule has 1 aromatic carbocycles. The topological polar surface area (TPSA) is 59.4 Å². The number of carboxylic acid groups (broad SMARTS) is 1. The molecule has 5 heteroatoms. The Bertz CT molecular complexity index is 554. The van der Waals surface area contributed by atoms with E-state index in [4.69, 9.17) is 9.84 Å². The Morgan fingerprint density at radius 1 is 1.28 bits per heavy atom. The molecule has 0 aliphatic rings. The number of ether oxygens (including phenoxy) is 1. The smallest absolute Gasteiger partial charge is 0.335 e. The summed E-state index contributed by atoms with van der Waals surface area (Å²) in [5, 5.41) is 8.72. The predicted molar refractivity (Wildman–Crippen MR) is 61.9 cm³/mol. The molecule has 1 N–H and O–H groups in total. The number of benzene rings is 1. The third-order valence-corrected chi connectivity index (χ3v) is 2.27. The maximum absolute atomic E-state index is 12.9. The van der Waals surface area contributed by atoms with E-state index in [9.17, 15) is 9.18 Å². The van der Waals surface area contributed by atoms with Crippen molar-refractivity contribution in [3.63, 3.8) is 0 Å². The molecule has 1 aromatic heterocycles. The van der Waals surface area contributed by atoms with Gasteiger partial charge in [0.25, 0.3) is 0 Å². The Hall–Kier alpha value is -2.43. The van der Waals surface area contributed by atoms with Gasteiger partial charge in [0.15, 0.2) is 0 Å². The van der Waals surface area contributed by atoms with Gasteiger partial charge in [-0.25, -0.2) is 9.18 Å². The Balaban J connectivity index is 2.00. The molecule has 2 rings (SSSR count). The van der Waals surface area contributed by atoms with Crippen molar-refractivity contribution in [2.45, 2.75) is 6.61 Å². The summed E-state index contributed by atoms with van der Waals surface area (Å²) in [5.41, 5.74) is 0.798. The molecule has 2 aromatic rings. The molecule has 0 amide bonds. The van der Waals surface area contributed by atoms with Crippen molar-refractivity contribution in [1.82, 2.24) is 4.98 Å². The molecule has 0 aliphatic carbocycles. The number of halogens is 1. The van der Waals surface area contributed by atoms with E-state index in [-0.39, 0.29) is 12.2 Å². The summed E-state index contributed by atoms with van der Waals surface area (Å²) < 4.78 is 18.2. The van der Waals surface area contributed by atoms with Gasteiger partial charge in [0.1, 0.15) is 18.2 Å². The Kier molecular flexibility index (Phi) is 3.52. The SMILES string of the molecule is O=C(O)c1ccc(OCc2cncc(F)c2)cc1. The summed E-state index contributed by atoms with van der Waals surface area (Å²) in [4.78, 5) is 14.3. The first-order valence-electron chi connectivity index (χ1n) is 5.21. The largest absolute Gasteiger partial charge is 0.489 e. The first kappa shape index (κ1) is 12.0. The molecule has 0 spiro atoms. The van der Waals surface area contributed by atoms with E-state index < -0.39 is 11.8 Å². The molecule has 0 unspecified atom stereocenters. The van der Waals surface area contributed by atoms with Gasteiger partial charge >= 0.3 is 5.97 Å². The lowest BCUT2D eigenvalue weighted by molar-refractivity contribution is 0.0697. The number of aromatic carboxylic acids is 1. The lowest BCUT2D eigenvalue weighted by atomic mass is 10.2. The van der Waals surface area contributed by atoms with Gasteiger partial charge in [-0.05, 0) is 30.3 Å². The van der Waals surface area contributed by atoms with Crippen molar-refractivity contribution in [1.29, 1.82) is 0 Å². The van der Waals surface area contributed by atoms with Gasteiger partial charge in [-0.1, -0.05) is 0 Å². The van der Waals surface area contributed by atoms with Crippen LogP contribution in [-0.4, -0.2) is 16.1 Å². The van der Waals surface area contributed by atoms with Gasteiger partial charge < -0.3 is 9.84 Å². The summed E-state index contributed by atoms with van der Waals surface area (Å²) in [6.45, 7) is 0.178. The molecule has 0 bridgehead atoms. The highest BCUT2D eigenvalue weighted by Gasteiger charge is 2.02. The molecular weight excluding hydrogens is 237 g/mol. The maximum atomic E-state index is 12.9. The van der Waals surface area contributed by atoms with Crippen LogP contribution in [0.25, 0.3) is 0 Å². The van der Waals surface area contributed by atoms with Crippen LogP contribution in [0.15, 0.2) is 42.7 Å².